The molecule has 0 spiro atoms. The minimum absolute atomic E-state index is 0. The number of rotatable bonds is 4. The van der Waals surface area contributed by atoms with Gasteiger partial charge in [0.25, 0.3) is 0 Å². The Labute approximate surface area is 163 Å². The van der Waals surface area contributed by atoms with Crippen molar-refractivity contribution < 1.29 is 75.5 Å². The van der Waals surface area contributed by atoms with Gasteiger partial charge in [-0.1, -0.05) is 36.4 Å². The first kappa shape index (κ1) is 25.8. The molecule has 2 unspecified atom stereocenters. The molecule has 2 N–H and O–H groups in total. The Morgan fingerprint density at radius 1 is 0.667 bits per heavy atom. The predicted octanol–water partition coefficient (Wildman–Crippen LogP) is -4.94. The average Bonchev–Trinajstić information content (AvgIpc) is 2.38. The van der Waals surface area contributed by atoms with Gasteiger partial charge in [-0.05, 0) is 24.3 Å². The molecule has 0 fully saturated rings. The van der Waals surface area contributed by atoms with E-state index in [1.807, 2.05) is 0 Å². The zero-order valence-electron chi connectivity index (χ0n) is 13.0. The Kier molecular flexibility index (Phi) is 12.9. The topological polar surface area (TPSA) is 139 Å². The Morgan fingerprint density at radius 2 is 0.917 bits per heavy atom. The first-order valence-corrected chi connectivity index (χ1v) is 8.72. The number of benzene rings is 2. The monoisotopic (exact) mass is 360 g/mol. The van der Waals surface area contributed by atoms with Crippen LogP contribution in [0.15, 0.2) is 60.7 Å². The van der Waals surface area contributed by atoms with Gasteiger partial charge in [0.2, 0.25) is 0 Å². The second-order valence-corrected chi connectivity index (χ2v) is 5.99. The second kappa shape index (κ2) is 12.0. The SMILES string of the molecule is O=P([O-])(O)Oc1ccccc1.O=P([O-])(O)Oc1ccccc1.[Li+].[Li+]. The maximum Gasteiger partial charge on any atom is 1.00 e. The first-order chi connectivity index (χ1) is 10.2. The van der Waals surface area contributed by atoms with E-state index in [4.69, 9.17) is 9.79 Å². The molecule has 2 aromatic carbocycles. The van der Waals surface area contributed by atoms with Crippen LogP contribution in [0.2, 0.25) is 0 Å². The summed E-state index contributed by atoms with van der Waals surface area (Å²) in [6, 6.07) is 15.6. The first-order valence-electron chi connectivity index (χ1n) is 5.73. The number of hydrogen-bond acceptors (Lipinski definition) is 6. The Morgan fingerprint density at radius 3 is 1.12 bits per heavy atom. The molecule has 24 heavy (non-hydrogen) atoms. The van der Waals surface area contributed by atoms with Crippen molar-refractivity contribution in [2.75, 3.05) is 0 Å². The molecule has 2 atom stereocenters. The third kappa shape index (κ3) is 13.9. The van der Waals surface area contributed by atoms with Crippen molar-refractivity contribution >= 4 is 15.6 Å². The van der Waals surface area contributed by atoms with Crippen LogP contribution in [-0.4, -0.2) is 9.79 Å². The van der Waals surface area contributed by atoms with Crippen LogP contribution in [0.25, 0.3) is 0 Å². The Balaban J connectivity index is 0. The molecule has 2 aromatic rings. The molecule has 2 rings (SSSR count). The van der Waals surface area contributed by atoms with Crippen LogP contribution in [0.3, 0.4) is 0 Å². The molecule has 0 bridgehead atoms. The third-order valence-electron chi connectivity index (χ3n) is 1.93. The molecule has 12 heteroatoms. The number of para-hydroxylation sites is 2. The quantitative estimate of drug-likeness (QED) is 0.409. The maximum absolute atomic E-state index is 10.2. The second-order valence-electron chi connectivity index (χ2n) is 3.75. The van der Waals surface area contributed by atoms with Gasteiger partial charge in [-0.3, -0.25) is 9.13 Å². The average molecular weight is 360 g/mol. The van der Waals surface area contributed by atoms with E-state index in [-0.39, 0.29) is 49.2 Å². The number of phosphoric acid groups is 2. The van der Waals surface area contributed by atoms with Crippen molar-refractivity contribution in [1.82, 2.24) is 0 Å². The Hall–Kier alpha value is -0.465. The van der Waals surface area contributed by atoms with E-state index < -0.39 is 15.6 Å². The molecule has 0 aliphatic rings. The van der Waals surface area contributed by atoms with E-state index in [0.29, 0.717) is 0 Å². The molecule has 120 valence electrons. The zero-order chi connectivity index (χ0) is 16.6. The largest absolute Gasteiger partial charge is 1.00 e. The van der Waals surface area contributed by atoms with Gasteiger partial charge in [-0.25, -0.2) is 0 Å². The van der Waals surface area contributed by atoms with Gasteiger partial charge >= 0.3 is 53.4 Å². The molecule has 8 nitrogen and oxygen atoms in total. The summed E-state index contributed by atoms with van der Waals surface area (Å²) >= 11 is 0. The third-order valence-corrected chi connectivity index (χ3v) is 2.81. The molecule has 0 aliphatic heterocycles. The van der Waals surface area contributed by atoms with Crippen molar-refractivity contribution in [3.63, 3.8) is 0 Å². The van der Waals surface area contributed by atoms with E-state index in [0.717, 1.165) is 0 Å². The number of hydrogen-bond donors (Lipinski definition) is 2. The molecule has 0 aliphatic carbocycles. The van der Waals surface area contributed by atoms with Crippen LogP contribution in [-0.2, 0) is 9.13 Å². The van der Waals surface area contributed by atoms with Crippen molar-refractivity contribution in [3.8, 4) is 11.5 Å². The molecule has 0 heterocycles. The smallest absolute Gasteiger partial charge is 0.746 e. The standard InChI is InChI=1S/2C6H7O4P.2Li/c2*7-11(8,9)10-6-4-2-1-3-5-6;;/h2*1-5H,(H2,7,8,9);;/q;;2*+1/p-2. The van der Waals surface area contributed by atoms with Crippen LogP contribution in [0.5, 0.6) is 11.5 Å². The fourth-order valence-electron chi connectivity index (χ4n) is 1.23. The van der Waals surface area contributed by atoms with Crippen LogP contribution < -0.4 is 56.6 Å². The minimum atomic E-state index is -4.64. The number of phosphoric ester groups is 2. The predicted molar refractivity (Wildman–Crippen MR) is 73.8 cm³/mol. The molecule has 0 saturated heterocycles. The van der Waals surface area contributed by atoms with E-state index in [2.05, 4.69) is 9.05 Å². The Bertz CT molecular complexity index is 600. The molecule has 0 aromatic heterocycles. The molecular formula is C12H12Li2O8P2. The summed E-state index contributed by atoms with van der Waals surface area (Å²) in [6.45, 7) is 0. The summed E-state index contributed by atoms with van der Waals surface area (Å²) < 4.78 is 28.6. The van der Waals surface area contributed by atoms with Gasteiger partial charge in [-0.2, -0.15) is 0 Å². The molecule has 0 amide bonds. The van der Waals surface area contributed by atoms with Crippen molar-refractivity contribution in [1.29, 1.82) is 0 Å². The van der Waals surface area contributed by atoms with Crippen LogP contribution in [0.1, 0.15) is 0 Å². The van der Waals surface area contributed by atoms with Gasteiger partial charge in [0.1, 0.15) is 11.5 Å². The van der Waals surface area contributed by atoms with Crippen LogP contribution in [0.4, 0.5) is 0 Å². The minimum Gasteiger partial charge on any atom is -0.746 e. The van der Waals surface area contributed by atoms with Gasteiger partial charge < -0.3 is 28.6 Å². The van der Waals surface area contributed by atoms with E-state index in [1.165, 1.54) is 24.3 Å². The summed E-state index contributed by atoms with van der Waals surface area (Å²) in [4.78, 5) is 36.8. The fourth-order valence-corrected chi connectivity index (χ4v) is 2.01. The molecular weight excluding hydrogens is 348 g/mol. The van der Waals surface area contributed by atoms with Gasteiger partial charge in [0.05, 0.1) is 0 Å². The van der Waals surface area contributed by atoms with Crippen LogP contribution >= 0.6 is 15.6 Å². The van der Waals surface area contributed by atoms with E-state index in [9.17, 15) is 18.9 Å². The van der Waals surface area contributed by atoms with E-state index in [1.54, 1.807) is 36.4 Å². The van der Waals surface area contributed by atoms with Gasteiger partial charge in [0.15, 0.2) is 0 Å². The fraction of sp³-hybridized carbons (Fsp3) is 0. The van der Waals surface area contributed by atoms with E-state index >= 15 is 0 Å². The summed E-state index contributed by atoms with van der Waals surface area (Å²) in [5, 5.41) is 0. The van der Waals surface area contributed by atoms with Crippen molar-refractivity contribution in [2.45, 2.75) is 0 Å². The van der Waals surface area contributed by atoms with Crippen LogP contribution in [0, 0.1) is 0 Å². The van der Waals surface area contributed by atoms with Crippen molar-refractivity contribution in [2.24, 2.45) is 0 Å². The summed E-state index contributed by atoms with van der Waals surface area (Å²) in [7, 11) is -9.28. The summed E-state index contributed by atoms with van der Waals surface area (Å²) in [5.74, 6) is 0.210. The van der Waals surface area contributed by atoms with Gasteiger partial charge in [-0.15, -0.1) is 0 Å². The normalized spacial score (nSPS) is 14.2. The van der Waals surface area contributed by atoms with Gasteiger partial charge in [0, 0.05) is 0 Å². The zero-order valence-corrected chi connectivity index (χ0v) is 14.8. The maximum atomic E-state index is 10.2. The molecule has 0 radical (unpaired) electrons. The summed E-state index contributed by atoms with van der Waals surface area (Å²) in [5.41, 5.74) is 0. The summed E-state index contributed by atoms with van der Waals surface area (Å²) in [6.07, 6.45) is 0. The van der Waals surface area contributed by atoms with Crippen molar-refractivity contribution in [3.05, 3.63) is 60.7 Å². The molecule has 0 saturated carbocycles.